The lowest BCUT2D eigenvalue weighted by Crippen LogP contribution is -2.47. The topological polar surface area (TPSA) is 141 Å². The van der Waals surface area contributed by atoms with E-state index in [0.29, 0.717) is 18.6 Å². The van der Waals surface area contributed by atoms with Crippen molar-refractivity contribution in [2.24, 2.45) is 5.73 Å². The molecular weight excluding hydrogens is 386 g/mol. The summed E-state index contributed by atoms with van der Waals surface area (Å²) in [6.45, 7) is 1.89. The van der Waals surface area contributed by atoms with Crippen molar-refractivity contribution >= 4 is 11.9 Å². The molecule has 170 valence electrons. The number of aliphatic carboxylic acids is 2. The van der Waals surface area contributed by atoms with Gasteiger partial charge in [-0.15, -0.1) is 0 Å². The van der Waals surface area contributed by atoms with Gasteiger partial charge in [0.1, 0.15) is 0 Å². The Morgan fingerprint density at radius 1 is 0.833 bits per heavy atom. The van der Waals surface area contributed by atoms with Crippen LogP contribution in [0.4, 0.5) is 0 Å². The molecule has 0 fully saturated rings. The molecule has 1 aromatic rings. The van der Waals surface area contributed by atoms with Crippen LogP contribution >= 0.6 is 0 Å². The highest BCUT2D eigenvalue weighted by atomic mass is 16.4. The van der Waals surface area contributed by atoms with Gasteiger partial charge in [-0.05, 0) is 36.8 Å². The van der Waals surface area contributed by atoms with Gasteiger partial charge >= 0.3 is 11.9 Å². The summed E-state index contributed by atoms with van der Waals surface area (Å²) in [5, 5.41) is 34.0. The summed E-state index contributed by atoms with van der Waals surface area (Å²) in [4.78, 5) is 19.1. The molecule has 7 nitrogen and oxygen atoms in total. The lowest BCUT2D eigenvalue weighted by molar-refractivity contribution is -0.134. The minimum atomic E-state index is -1.26. The Bertz CT molecular complexity index is 607. The van der Waals surface area contributed by atoms with Gasteiger partial charge in [-0.1, -0.05) is 63.3 Å². The zero-order valence-corrected chi connectivity index (χ0v) is 17.9. The number of nitrogens with two attached hydrogens (primary N) is 1. The number of carboxylic acids is 2. The maximum Gasteiger partial charge on any atom is 0.328 e. The van der Waals surface area contributed by atoms with E-state index in [1.54, 1.807) is 0 Å². The largest absolute Gasteiger partial charge is 0.478 e. The number of carboxylic acid groups (broad SMARTS) is 2. The second-order valence-electron chi connectivity index (χ2n) is 7.52. The summed E-state index contributed by atoms with van der Waals surface area (Å²) < 4.78 is 0. The minimum Gasteiger partial charge on any atom is -0.478 e. The Hall–Kier alpha value is -2.22. The van der Waals surface area contributed by atoms with Crippen LogP contribution in [0, 0.1) is 0 Å². The quantitative estimate of drug-likeness (QED) is 0.229. The van der Waals surface area contributed by atoms with E-state index in [1.165, 1.54) is 49.7 Å². The summed E-state index contributed by atoms with van der Waals surface area (Å²) in [7, 11) is 0. The molecule has 0 atom stereocenters. The van der Waals surface area contributed by atoms with Gasteiger partial charge in [0, 0.05) is 12.2 Å². The molecule has 0 bridgehead atoms. The Morgan fingerprint density at radius 3 is 1.70 bits per heavy atom. The average Bonchev–Trinajstić information content (AvgIpc) is 2.74. The van der Waals surface area contributed by atoms with Crippen molar-refractivity contribution in [2.45, 2.75) is 70.3 Å². The van der Waals surface area contributed by atoms with Crippen LogP contribution in [-0.2, 0) is 22.4 Å². The molecule has 30 heavy (non-hydrogen) atoms. The summed E-state index contributed by atoms with van der Waals surface area (Å²) in [6.07, 6.45) is 11.6. The van der Waals surface area contributed by atoms with E-state index in [-0.39, 0.29) is 13.2 Å². The number of aliphatic hydroxyl groups is 2. The molecule has 0 heterocycles. The normalized spacial score (nSPS) is 11.2. The van der Waals surface area contributed by atoms with Crippen LogP contribution in [0.15, 0.2) is 36.4 Å². The predicted octanol–water partition coefficient (Wildman–Crippen LogP) is 2.92. The Balaban J connectivity index is 0.000000890. The van der Waals surface area contributed by atoms with E-state index in [4.69, 9.17) is 15.9 Å². The Labute approximate surface area is 179 Å². The standard InChI is InChI=1S/C19H33NO2.C4H4O4/c1-2-3-4-5-6-7-8-17-9-11-18(12-10-17)13-14-19(20,15-21)16-22;5-3(6)1-2-4(7)8/h9-12,21-22H,2-8,13-16,20H2,1H3;1-2H,(H,5,6)(H,7,8)/b;2-1+. The molecule has 0 aliphatic rings. The molecular formula is C23H37NO6. The van der Waals surface area contributed by atoms with E-state index in [0.717, 1.165) is 12.8 Å². The van der Waals surface area contributed by atoms with Crippen molar-refractivity contribution in [3.63, 3.8) is 0 Å². The van der Waals surface area contributed by atoms with E-state index >= 15 is 0 Å². The van der Waals surface area contributed by atoms with E-state index in [1.807, 2.05) is 0 Å². The zero-order valence-electron chi connectivity index (χ0n) is 17.9. The third-order valence-electron chi connectivity index (χ3n) is 4.75. The summed E-state index contributed by atoms with van der Waals surface area (Å²) in [6, 6.07) is 8.66. The van der Waals surface area contributed by atoms with Crippen LogP contribution < -0.4 is 5.73 Å². The smallest absolute Gasteiger partial charge is 0.328 e. The van der Waals surface area contributed by atoms with Crippen molar-refractivity contribution in [1.29, 1.82) is 0 Å². The van der Waals surface area contributed by atoms with Gasteiger partial charge in [-0.25, -0.2) is 9.59 Å². The van der Waals surface area contributed by atoms with Crippen molar-refractivity contribution in [3.8, 4) is 0 Å². The fourth-order valence-electron chi connectivity index (χ4n) is 2.73. The number of hydrogen-bond donors (Lipinski definition) is 5. The van der Waals surface area contributed by atoms with Crippen molar-refractivity contribution in [1.82, 2.24) is 0 Å². The molecule has 0 spiro atoms. The van der Waals surface area contributed by atoms with Gasteiger partial charge in [0.2, 0.25) is 0 Å². The van der Waals surface area contributed by atoms with Gasteiger partial charge in [0.05, 0.1) is 18.8 Å². The lowest BCUT2D eigenvalue weighted by atomic mass is 9.93. The monoisotopic (exact) mass is 423 g/mol. The number of rotatable bonds is 14. The molecule has 0 aromatic heterocycles. The van der Waals surface area contributed by atoms with Crippen LogP contribution in [0.1, 0.15) is 63.0 Å². The molecule has 0 unspecified atom stereocenters. The molecule has 0 aliphatic heterocycles. The average molecular weight is 424 g/mol. The number of unbranched alkanes of at least 4 members (excludes halogenated alkanes) is 5. The summed E-state index contributed by atoms with van der Waals surface area (Å²) >= 11 is 0. The lowest BCUT2D eigenvalue weighted by Gasteiger charge is -2.24. The molecule has 6 N–H and O–H groups in total. The first-order valence-corrected chi connectivity index (χ1v) is 10.5. The zero-order chi connectivity index (χ0) is 22.8. The second-order valence-corrected chi connectivity index (χ2v) is 7.52. The second kappa shape index (κ2) is 16.6. The highest BCUT2D eigenvalue weighted by molar-refractivity contribution is 5.89. The highest BCUT2D eigenvalue weighted by Gasteiger charge is 2.22. The van der Waals surface area contributed by atoms with E-state index in [9.17, 15) is 19.8 Å². The molecule has 7 heteroatoms. The maximum absolute atomic E-state index is 9.55. The van der Waals surface area contributed by atoms with Crippen LogP contribution in [-0.4, -0.2) is 51.1 Å². The number of carbonyl (C=O) groups is 2. The van der Waals surface area contributed by atoms with Gasteiger partial charge in [-0.2, -0.15) is 0 Å². The highest BCUT2D eigenvalue weighted by Crippen LogP contribution is 2.14. The van der Waals surface area contributed by atoms with Crippen LogP contribution in [0.3, 0.4) is 0 Å². The molecule has 0 radical (unpaired) electrons. The molecule has 1 rings (SSSR count). The molecule has 0 aliphatic carbocycles. The number of hydrogen-bond acceptors (Lipinski definition) is 5. The number of aliphatic hydroxyl groups excluding tert-OH is 2. The molecule has 0 amide bonds. The van der Waals surface area contributed by atoms with Crippen molar-refractivity contribution < 1.29 is 30.0 Å². The first-order valence-electron chi connectivity index (χ1n) is 10.5. The summed E-state index contributed by atoms with van der Waals surface area (Å²) in [5.41, 5.74) is 7.63. The van der Waals surface area contributed by atoms with E-state index < -0.39 is 17.5 Å². The third-order valence-corrected chi connectivity index (χ3v) is 4.75. The van der Waals surface area contributed by atoms with Gasteiger partial charge in [0.25, 0.3) is 0 Å². The van der Waals surface area contributed by atoms with E-state index in [2.05, 4.69) is 31.2 Å². The fourth-order valence-corrected chi connectivity index (χ4v) is 2.73. The van der Waals surface area contributed by atoms with Crippen LogP contribution in [0.2, 0.25) is 0 Å². The maximum atomic E-state index is 9.55. The van der Waals surface area contributed by atoms with Crippen molar-refractivity contribution in [2.75, 3.05) is 13.2 Å². The number of benzene rings is 1. The SMILES string of the molecule is CCCCCCCCc1ccc(CCC(N)(CO)CO)cc1.O=C(O)/C=C/C(=O)O. The summed E-state index contributed by atoms with van der Waals surface area (Å²) in [5.74, 6) is -2.51. The van der Waals surface area contributed by atoms with Crippen LogP contribution in [0.5, 0.6) is 0 Å². The Morgan fingerprint density at radius 2 is 1.27 bits per heavy atom. The number of aryl methyl sites for hydroxylation is 2. The van der Waals surface area contributed by atoms with Gasteiger partial charge in [0.15, 0.2) is 0 Å². The Kier molecular flexibility index (Phi) is 15.3. The van der Waals surface area contributed by atoms with Crippen LogP contribution in [0.25, 0.3) is 0 Å². The first-order chi connectivity index (χ1) is 14.3. The first kappa shape index (κ1) is 27.8. The molecule has 0 saturated carbocycles. The molecule has 1 aromatic carbocycles. The molecule has 0 saturated heterocycles. The minimum absolute atomic E-state index is 0.181. The van der Waals surface area contributed by atoms with Gasteiger partial charge in [-0.3, -0.25) is 0 Å². The third kappa shape index (κ3) is 14.7. The van der Waals surface area contributed by atoms with Gasteiger partial charge < -0.3 is 26.2 Å². The predicted molar refractivity (Wildman–Crippen MR) is 117 cm³/mol. The van der Waals surface area contributed by atoms with Crippen molar-refractivity contribution in [3.05, 3.63) is 47.5 Å². The fraction of sp³-hybridized carbons (Fsp3) is 0.565.